The first-order valence-corrected chi connectivity index (χ1v) is 4.25. The van der Waals surface area contributed by atoms with Crippen molar-refractivity contribution in [3.8, 4) is 5.75 Å². The van der Waals surface area contributed by atoms with Crippen LogP contribution in [0.5, 0.6) is 5.75 Å². The van der Waals surface area contributed by atoms with E-state index in [0.717, 1.165) is 12.1 Å². The molecule has 0 atom stereocenters. The molecule has 0 aromatic heterocycles. The van der Waals surface area contributed by atoms with E-state index in [1.54, 1.807) is 0 Å². The summed E-state index contributed by atoms with van der Waals surface area (Å²) in [6.07, 6.45) is -4.43. The lowest BCUT2D eigenvalue weighted by molar-refractivity contribution is -0.274. The lowest BCUT2D eigenvalue weighted by Gasteiger charge is -2.10. The quantitative estimate of drug-likeness (QED) is 0.777. The molecule has 0 spiro atoms. The monoisotopic (exact) mass is 252 g/mol. The predicted molar refractivity (Wildman–Crippen MR) is 48.9 cm³/mol. The van der Waals surface area contributed by atoms with E-state index in [0.29, 0.717) is 0 Å². The van der Waals surface area contributed by atoms with Crippen molar-refractivity contribution >= 4 is 24.2 Å². The van der Waals surface area contributed by atoms with Crippen LogP contribution in [0.3, 0.4) is 0 Å². The molecule has 0 N–H and O–H groups in total. The lowest BCUT2D eigenvalue weighted by atomic mass is 10.1. The molecular formula is C9H4ClF3O3. The Labute approximate surface area is 92.8 Å². The maximum atomic E-state index is 11.9. The van der Waals surface area contributed by atoms with Gasteiger partial charge in [0.25, 0.3) is 0 Å². The Morgan fingerprint density at radius 2 is 1.56 bits per heavy atom. The SMILES string of the molecule is O=Cc1cc(OC(F)(F)F)cc(C=O)c1Cl. The Hall–Kier alpha value is -1.56. The third-order valence-corrected chi connectivity index (χ3v) is 2.03. The first-order valence-electron chi connectivity index (χ1n) is 3.87. The number of halogens is 4. The van der Waals surface area contributed by atoms with Gasteiger partial charge in [0.15, 0.2) is 12.6 Å². The molecule has 0 fully saturated rings. The Kier molecular flexibility index (Phi) is 3.54. The lowest BCUT2D eigenvalue weighted by Crippen LogP contribution is -2.17. The number of hydrogen-bond acceptors (Lipinski definition) is 3. The first-order chi connectivity index (χ1) is 7.37. The van der Waals surface area contributed by atoms with Crippen molar-refractivity contribution in [3.05, 3.63) is 28.3 Å². The fraction of sp³-hybridized carbons (Fsp3) is 0.111. The summed E-state index contributed by atoms with van der Waals surface area (Å²) in [6, 6.07) is 1.60. The van der Waals surface area contributed by atoms with Gasteiger partial charge in [-0.15, -0.1) is 13.2 Å². The van der Waals surface area contributed by atoms with E-state index >= 15 is 0 Å². The van der Waals surface area contributed by atoms with E-state index in [2.05, 4.69) is 4.74 Å². The van der Waals surface area contributed by atoms with Gasteiger partial charge < -0.3 is 4.74 Å². The fourth-order valence-electron chi connectivity index (χ4n) is 1.01. The summed E-state index contributed by atoms with van der Waals surface area (Å²) in [4.78, 5) is 21.0. The van der Waals surface area contributed by atoms with Crippen LogP contribution in [0.1, 0.15) is 20.7 Å². The van der Waals surface area contributed by atoms with Gasteiger partial charge in [0, 0.05) is 11.1 Å². The minimum absolute atomic E-state index is 0.209. The second-order valence-electron chi connectivity index (χ2n) is 2.70. The molecule has 3 nitrogen and oxygen atoms in total. The highest BCUT2D eigenvalue weighted by Crippen LogP contribution is 2.28. The summed E-state index contributed by atoms with van der Waals surface area (Å²) in [6.45, 7) is 0. The molecule has 0 bridgehead atoms. The van der Waals surface area contributed by atoms with Gasteiger partial charge in [-0.2, -0.15) is 0 Å². The Morgan fingerprint density at radius 1 is 1.12 bits per heavy atom. The number of carbonyl (C=O) groups is 2. The van der Waals surface area contributed by atoms with Crippen molar-refractivity contribution in [1.29, 1.82) is 0 Å². The van der Waals surface area contributed by atoms with Crippen molar-refractivity contribution in [1.82, 2.24) is 0 Å². The van der Waals surface area contributed by atoms with Crippen LogP contribution in [0.15, 0.2) is 12.1 Å². The minimum atomic E-state index is -4.89. The van der Waals surface area contributed by atoms with E-state index in [9.17, 15) is 22.8 Å². The zero-order chi connectivity index (χ0) is 12.3. The van der Waals surface area contributed by atoms with E-state index in [4.69, 9.17) is 11.6 Å². The van der Waals surface area contributed by atoms with E-state index < -0.39 is 12.1 Å². The van der Waals surface area contributed by atoms with E-state index in [1.807, 2.05) is 0 Å². The third-order valence-electron chi connectivity index (χ3n) is 1.59. The number of alkyl halides is 3. The Balaban J connectivity index is 3.22. The van der Waals surface area contributed by atoms with Gasteiger partial charge in [-0.25, -0.2) is 0 Å². The standard InChI is InChI=1S/C9H4ClF3O3/c10-8-5(3-14)1-7(2-6(8)4-15)16-9(11,12)13/h1-4H. The molecule has 0 radical (unpaired) electrons. The van der Waals surface area contributed by atoms with Crippen LogP contribution in [-0.2, 0) is 0 Å². The number of hydrogen-bond donors (Lipinski definition) is 0. The third kappa shape index (κ3) is 2.96. The van der Waals surface area contributed by atoms with Crippen LogP contribution in [0.4, 0.5) is 13.2 Å². The molecule has 0 aliphatic rings. The molecule has 1 aromatic carbocycles. The summed E-state index contributed by atoms with van der Waals surface area (Å²) in [7, 11) is 0. The smallest absolute Gasteiger partial charge is 0.406 e. The van der Waals surface area contributed by atoms with Gasteiger partial charge in [0.2, 0.25) is 0 Å². The number of rotatable bonds is 3. The molecule has 0 saturated carbocycles. The van der Waals surface area contributed by atoms with Gasteiger partial charge in [-0.1, -0.05) is 11.6 Å². The highest BCUT2D eigenvalue weighted by molar-refractivity contribution is 6.35. The van der Waals surface area contributed by atoms with Crippen LogP contribution in [0, 0.1) is 0 Å². The van der Waals surface area contributed by atoms with Crippen molar-refractivity contribution in [2.24, 2.45) is 0 Å². The molecule has 0 saturated heterocycles. The van der Waals surface area contributed by atoms with Crippen molar-refractivity contribution < 1.29 is 27.5 Å². The summed E-state index contributed by atoms with van der Waals surface area (Å²) < 4.78 is 39.2. The normalized spacial score (nSPS) is 11.0. The largest absolute Gasteiger partial charge is 0.573 e. The number of carbonyl (C=O) groups excluding carboxylic acids is 2. The number of aldehydes is 2. The van der Waals surface area contributed by atoms with Crippen LogP contribution in [0.2, 0.25) is 5.02 Å². The molecule has 7 heteroatoms. The number of ether oxygens (including phenoxy) is 1. The molecule has 86 valence electrons. The highest BCUT2D eigenvalue weighted by atomic mass is 35.5. The summed E-state index contributed by atoms with van der Waals surface area (Å²) >= 11 is 5.55. The molecule has 0 amide bonds. The Morgan fingerprint density at radius 3 is 1.88 bits per heavy atom. The second-order valence-corrected chi connectivity index (χ2v) is 3.08. The average Bonchev–Trinajstić information content (AvgIpc) is 2.18. The summed E-state index contributed by atoms with van der Waals surface area (Å²) in [5, 5.41) is -0.209. The molecule has 0 aliphatic carbocycles. The van der Waals surface area contributed by atoms with Crippen LogP contribution >= 0.6 is 11.6 Å². The minimum Gasteiger partial charge on any atom is -0.406 e. The van der Waals surface area contributed by atoms with Crippen molar-refractivity contribution in [3.63, 3.8) is 0 Å². The van der Waals surface area contributed by atoms with Crippen LogP contribution < -0.4 is 4.74 Å². The van der Waals surface area contributed by atoms with Gasteiger partial charge in [-0.3, -0.25) is 9.59 Å². The maximum Gasteiger partial charge on any atom is 0.573 e. The molecule has 0 aliphatic heterocycles. The zero-order valence-electron chi connectivity index (χ0n) is 7.55. The first kappa shape index (κ1) is 12.5. The average molecular weight is 253 g/mol. The van der Waals surface area contributed by atoms with E-state index in [1.165, 1.54) is 0 Å². The predicted octanol–water partition coefficient (Wildman–Crippen LogP) is 2.86. The van der Waals surface area contributed by atoms with Crippen molar-refractivity contribution in [2.45, 2.75) is 6.36 Å². The second kappa shape index (κ2) is 4.52. The van der Waals surface area contributed by atoms with Gasteiger partial charge >= 0.3 is 6.36 Å². The number of benzene rings is 1. The zero-order valence-corrected chi connectivity index (χ0v) is 8.30. The molecule has 0 heterocycles. The van der Waals surface area contributed by atoms with Crippen LogP contribution in [0.25, 0.3) is 0 Å². The molecular weight excluding hydrogens is 249 g/mol. The van der Waals surface area contributed by atoms with Gasteiger partial charge in [-0.05, 0) is 12.1 Å². The fourth-order valence-corrected chi connectivity index (χ4v) is 1.20. The van der Waals surface area contributed by atoms with E-state index in [-0.39, 0.29) is 28.7 Å². The van der Waals surface area contributed by atoms with Crippen molar-refractivity contribution in [2.75, 3.05) is 0 Å². The maximum absolute atomic E-state index is 11.9. The van der Waals surface area contributed by atoms with Gasteiger partial charge in [0.1, 0.15) is 5.75 Å². The topological polar surface area (TPSA) is 43.4 Å². The molecule has 1 rings (SSSR count). The van der Waals surface area contributed by atoms with Gasteiger partial charge in [0.05, 0.1) is 5.02 Å². The summed E-state index contributed by atoms with van der Waals surface area (Å²) in [5.74, 6) is -0.666. The van der Waals surface area contributed by atoms with Crippen LogP contribution in [-0.4, -0.2) is 18.9 Å². The molecule has 1 aromatic rings. The molecule has 0 unspecified atom stereocenters. The Bertz CT molecular complexity index is 399. The molecule has 16 heavy (non-hydrogen) atoms. The summed E-state index contributed by atoms with van der Waals surface area (Å²) in [5.41, 5.74) is -0.490. The highest BCUT2D eigenvalue weighted by Gasteiger charge is 2.31.